The zero-order valence-electron chi connectivity index (χ0n) is 8.41. The van der Waals surface area contributed by atoms with Gasteiger partial charge in [0.2, 0.25) is 0 Å². The first-order chi connectivity index (χ1) is 5.92. The van der Waals surface area contributed by atoms with Crippen molar-refractivity contribution in [1.29, 1.82) is 0 Å². The van der Waals surface area contributed by atoms with E-state index < -0.39 is 5.60 Å². The lowest BCUT2D eigenvalue weighted by atomic mass is 10.1. The van der Waals surface area contributed by atoms with E-state index in [1.165, 1.54) is 0 Å². The molecule has 0 spiro atoms. The average molecular weight is 184 g/mol. The van der Waals surface area contributed by atoms with Gasteiger partial charge in [-0.05, 0) is 27.5 Å². The van der Waals surface area contributed by atoms with E-state index in [9.17, 15) is 4.79 Å². The van der Waals surface area contributed by atoms with Crippen molar-refractivity contribution in [2.24, 2.45) is 4.99 Å². The summed E-state index contributed by atoms with van der Waals surface area (Å²) < 4.78 is 5.16. The number of hydrogen-bond acceptors (Lipinski definition) is 3. The van der Waals surface area contributed by atoms with Crippen LogP contribution in [0.15, 0.2) is 4.99 Å². The van der Waals surface area contributed by atoms with Gasteiger partial charge < -0.3 is 9.64 Å². The van der Waals surface area contributed by atoms with Crippen molar-refractivity contribution in [2.45, 2.75) is 32.4 Å². The summed E-state index contributed by atoms with van der Waals surface area (Å²) in [4.78, 5) is 16.8. The predicted octanol–water partition coefficient (Wildman–Crippen LogP) is 1.31. The highest BCUT2D eigenvalue weighted by atomic mass is 16.6. The lowest BCUT2D eigenvalue weighted by Gasteiger charge is -2.37. The number of carbonyl (C=O) groups excluding carboxylic acids is 1. The predicted molar refractivity (Wildman–Crippen MR) is 51.1 cm³/mol. The van der Waals surface area contributed by atoms with Crippen molar-refractivity contribution < 1.29 is 9.53 Å². The molecule has 4 heteroatoms. The molecular formula is C9H16N2O2. The molecule has 1 heterocycles. The van der Waals surface area contributed by atoms with E-state index in [0.717, 1.165) is 0 Å². The Bertz CT molecular complexity index is 214. The standard InChI is InChI=1S/C9H16N2O2/c1-9(2,3)13-8(12)11-5-7(6-11)10-4/h7H,4-6H2,1-3H3. The molecule has 1 aliphatic heterocycles. The van der Waals surface area contributed by atoms with E-state index >= 15 is 0 Å². The Morgan fingerprint density at radius 1 is 1.54 bits per heavy atom. The van der Waals surface area contributed by atoms with Gasteiger partial charge in [0.05, 0.1) is 6.04 Å². The third-order valence-corrected chi connectivity index (χ3v) is 1.77. The first kappa shape index (κ1) is 10.0. The molecule has 0 N–H and O–H groups in total. The van der Waals surface area contributed by atoms with E-state index in [1.54, 1.807) is 4.90 Å². The third kappa shape index (κ3) is 2.72. The summed E-state index contributed by atoms with van der Waals surface area (Å²) in [5.41, 5.74) is -0.413. The van der Waals surface area contributed by atoms with Crippen LogP contribution in [0.25, 0.3) is 0 Å². The molecule has 0 aromatic carbocycles. The topological polar surface area (TPSA) is 41.9 Å². The number of ether oxygens (including phenoxy) is 1. The molecule has 74 valence electrons. The molecule has 0 aliphatic carbocycles. The second kappa shape index (κ2) is 3.36. The lowest BCUT2D eigenvalue weighted by Crippen LogP contribution is -2.53. The molecule has 13 heavy (non-hydrogen) atoms. The molecule has 1 amide bonds. The van der Waals surface area contributed by atoms with Gasteiger partial charge in [0.25, 0.3) is 0 Å². The molecule has 1 rings (SSSR count). The minimum Gasteiger partial charge on any atom is -0.444 e. The van der Waals surface area contributed by atoms with Gasteiger partial charge in [0.1, 0.15) is 5.60 Å². The zero-order valence-corrected chi connectivity index (χ0v) is 8.41. The molecule has 0 atom stereocenters. The summed E-state index contributed by atoms with van der Waals surface area (Å²) in [6, 6.07) is 0.201. The molecule has 0 radical (unpaired) electrons. The van der Waals surface area contributed by atoms with Gasteiger partial charge in [0, 0.05) is 13.1 Å². The lowest BCUT2D eigenvalue weighted by molar-refractivity contribution is 0.00914. The summed E-state index contributed by atoms with van der Waals surface area (Å²) in [5, 5.41) is 0. The molecule has 1 fully saturated rings. The number of amides is 1. The maximum absolute atomic E-state index is 11.3. The normalized spacial score (nSPS) is 17.9. The summed E-state index contributed by atoms with van der Waals surface area (Å²) in [7, 11) is 0. The molecule has 0 aromatic heterocycles. The quantitative estimate of drug-likeness (QED) is 0.576. The fourth-order valence-corrected chi connectivity index (χ4v) is 1.05. The van der Waals surface area contributed by atoms with Crippen molar-refractivity contribution in [3.63, 3.8) is 0 Å². The van der Waals surface area contributed by atoms with Crippen molar-refractivity contribution in [2.75, 3.05) is 13.1 Å². The largest absolute Gasteiger partial charge is 0.444 e. The Kier molecular flexibility index (Phi) is 2.59. The second-order valence-electron chi connectivity index (χ2n) is 4.22. The van der Waals surface area contributed by atoms with Crippen LogP contribution < -0.4 is 0 Å². The van der Waals surface area contributed by atoms with Crippen LogP contribution in [0, 0.1) is 0 Å². The number of rotatable bonds is 1. The van der Waals surface area contributed by atoms with Crippen LogP contribution in [-0.4, -0.2) is 42.4 Å². The highest BCUT2D eigenvalue weighted by molar-refractivity contribution is 5.69. The summed E-state index contributed by atoms with van der Waals surface area (Å²) in [6.07, 6.45) is -0.257. The maximum atomic E-state index is 11.3. The zero-order chi connectivity index (χ0) is 10.1. The van der Waals surface area contributed by atoms with E-state index in [-0.39, 0.29) is 12.1 Å². The van der Waals surface area contributed by atoms with Gasteiger partial charge in [-0.1, -0.05) is 0 Å². The van der Waals surface area contributed by atoms with Crippen LogP contribution >= 0.6 is 0 Å². The Morgan fingerprint density at radius 2 is 2.08 bits per heavy atom. The van der Waals surface area contributed by atoms with Crippen LogP contribution in [-0.2, 0) is 4.74 Å². The SMILES string of the molecule is C=NC1CN(C(=O)OC(C)(C)C)C1. The Labute approximate surface area is 78.6 Å². The molecule has 0 bridgehead atoms. The first-order valence-electron chi connectivity index (χ1n) is 4.36. The monoisotopic (exact) mass is 184 g/mol. The molecule has 4 nitrogen and oxygen atoms in total. The fourth-order valence-electron chi connectivity index (χ4n) is 1.05. The number of hydrogen-bond donors (Lipinski definition) is 0. The molecule has 1 aliphatic rings. The fraction of sp³-hybridized carbons (Fsp3) is 0.778. The third-order valence-electron chi connectivity index (χ3n) is 1.77. The van der Waals surface area contributed by atoms with Gasteiger partial charge in [0.15, 0.2) is 0 Å². The minimum absolute atomic E-state index is 0.201. The van der Waals surface area contributed by atoms with E-state index in [1.807, 2.05) is 20.8 Å². The Morgan fingerprint density at radius 3 is 2.46 bits per heavy atom. The highest BCUT2D eigenvalue weighted by Gasteiger charge is 2.32. The summed E-state index contributed by atoms with van der Waals surface area (Å²) >= 11 is 0. The van der Waals surface area contributed by atoms with Gasteiger partial charge in [-0.2, -0.15) is 0 Å². The molecular weight excluding hydrogens is 168 g/mol. The Balaban J connectivity index is 2.31. The van der Waals surface area contributed by atoms with Crippen LogP contribution in [0.2, 0.25) is 0 Å². The smallest absolute Gasteiger partial charge is 0.410 e. The van der Waals surface area contributed by atoms with E-state index in [4.69, 9.17) is 4.74 Å². The summed E-state index contributed by atoms with van der Waals surface area (Å²) in [6.45, 7) is 10.3. The van der Waals surface area contributed by atoms with Crippen molar-refractivity contribution in [3.8, 4) is 0 Å². The maximum Gasteiger partial charge on any atom is 0.410 e. The molecule has 0 saturated carbocycles. The average Bonchev–Trinajstić information content (AvgIpc) is 1.79. The molecule has 0 aromatic rings. The van der Waals surface area contributed by atoms with E-state index in [0.29, 0.717) is 13.1 Å². The van der Waals surface area contributed by atoms with Gasteiger partial charge in [-0.15, -0.1) is 0 Å². The summed E-state index contributed by atoms with van der Waals surface area (Å²) in [5.74, 6) is 0. The van der Waals surface area contributed by atoms with Crippen molar-refractivity contribution in [1.82, 2.24) is 4.90 Å². The molecule has 0 unspecified atom stereocenters. The number of nitrogens with zero attached hydrogens (tertiary/aromatic N) is 2. The Hall–Kier alpha value is -1.06. The second-order valence-corrected chi connectivity index (χ2v) is 4.22. The van der Waals surface area contributed by atoms with Gasteiger partial charge >= 0.3 is 6.09 Å². The van der Waals surface area contributed by atoms with Crippen molar-refractivity contribution in [3.05, 3.63) is 0 Å². The van der Waals surface area contributed by atoms with Crippen LogP contribution in [0.4, 0.5) is 4.79 Å². The minimum atomic E-state index is -0.413. The van der Waals surface area contributed by atoms with Gasteiger partial charge in [-0.3, -0.25) is 4.99 Å². The van der Waals surface area contributed by atoms with Crippen molar-refractivity contribution >= 4 is 12.8 Å². The van der Waals surface area contributed by atoms with Crippen LogP contribution in [0.5, 0.6) is 0 Å². The highest BCUT2D eigenvalue weighted by Crippen LogP contribution is 2.16. The number of carbonyl (C=O) groups is 1. The molecule has 1 saturated heterocycles. The number of aliphatic imine (C=N–C) groups is 1. The first-order valence-corrected chi connectivity index (χ1v) is 4.36. The van der Waals surface area contributed by atoms with Gasteiger partial charge in [-0.25, -0.2) is 4.79 Å². The van der Waals surface area contributed by atoms with E-state index in [2.05, 4.69) is 11.7 Å². The van der Waals surface area contributed by atoms with Crippen LogP contribution in [0.3, 0.4) is 0 Å². The van der Waals surface area contributed by atoms with Crippen LogP contribution in [0.1, 0.15) is 20.8 Å². The number of likely N-dealkylation sites (tertiary alicyclic amines) is 1.